The van der Waals surface area contributed by atoms with Crippen molar-refractivity contribution in [2.45, 2.75) is 127 Å². The van der Waals surface area contributed by atoms with Crippen LogP contribution >= 0.6 is 0 Å². The Morgan fingerprint density at radius 3 is 2.40 bits per heavy atom. The van der Waals surface area contributed by atoms with Crippen LogP contribution in [-0.4, -0.2) is 38.2 Å². The summed E-state index contributed by atoms with van der Waals surface area (Å²) in [7, 11) is 0. The van der Waals surface area contributed by atoms with Crippen LogP contribution in [0.15, 0.2) is 29.8 Å². The standard InChI is InChI=1S/C20H28O2.C18H24O2/c1-3-20(22)11-9-18-17-6-4-13-12-14(21)5-7-15(13)16(17)8-10-19(18,20)2;1-18-9-8-14-13-5-3-12(19)10-11(13)2-4-15(14)16(18)6-7-17(18)20/h1,12,14-18,21-22H,4-11H2,2H3;3,5,10,14-17,19-20H,2,4,6-9H2,1H3/t14-,15-,16+,17+,18-,19-,20-;14-,15-,16+,17+,18+/m01/s1. The molecule has 8 rings (SSSR count). The first-order chi connectivity index (χ1) is 20.1. The molecule has 1 aromatic carbocycles. The lowest BCUT2D eigenvalue weighted by molar-refractivity contribution is -0.0865. The normalized spacial score (nSPS) is 48.5. The summed E-state index contributed by atoms with van der Waals surface area (Å²) in [4.78, 5) is 0. The van der Waals surface area contributed by atoms with Crippen LogP contribution in [0.5, 0.6) is 5.75 Å². The van der Waals surface area contributed by atoms with E-state index in [0.29, 0.717) is 29.4 Å². The van der Waals surface area contributed by atoms with Gasteiger partial charge in [0.05, 0.1) is 12.2 Å². The highest BCUT2D eigenvalue weighted by Gasteiger charge is 2.62. The Labute approximate surface area is 253 Å². The summed E-state index contributed by atoms with van der Waals surface area (Å²) in [6, 6.07) is 5.96. The SMILES string of the molecule is C#C[C@]1(O)CC[C@H]2[C@@H]3CCC4=C[C@@H](O)CC[C@@H]4[C@H]3CC[C@@]21C.C[C@]12CC[C@@H]3c4ccc(O)cc4CC[C@H]3[C@@H]1CC[C@@H]2O. The van der Waals surface area contributed by atoms with Crippen LogP contribution in [-0.2, 0) is 6.42 Å². The molecule has 0 saturated heterocycles. The fourth-order valence-corrected chi connectivity index (χ4v) is 12.1. The summed E-state index contributed by atoms with van der Waals surface area (Å²) in [5, 5.41) is 40.9. The van der Waals surface area contributed by atoms with Gasteiger partial charge >= 0.3 is 0 Å². The third kappa shape index (κ3) is 4.28. The van der Waals surface area contributed by atoms with Crippen molar-refractivity contribution < 1.29 is 20.4 Å². The maximum Gasteiger partial charge on any atom is 0.130 e. The Hall–Kier alpha value is -1.80. The van der Waals surface area contributed by atoms with Crippen LogP contribution in [0.2, 0.25) is 0 Å². The number of rotatable bonds is 0. The van der Waals surface area contributed by atoms with Crippen molar-refractivity contribution in [1.29, 1.82) is 0 Å². The number of aryl methyl sites for hydroxylation is 1. The van der Waals surface area contributed by atoms with Gasteiger partial charge in [0.25, 0.3) is 0 Å². The van der Waals surface area contributed by atoms with E-state index in [4.69, 9.17) is 6.42 Å². The second-order valence-corrected chi connectivity index (χ2v) is 15.9. The summed E-state index contributed by atoms with van der Waals surface area (Å²) < 4.78 is 0. The molecule has 4 N–H and O–H groups in total. The van der Waals surface area contributed by atoms with E-state index in [9.17, 15) is 20.4 Å². The molecule has 0 radical (unpaired) electrons. The van der Waals surface area contributed by atoms with Crippen LogP contribution in [0.1, 0.15) is 114 Å². The third-order valence-electron chi connectivity index (χ3n) is 14.5. The van der Waals surface area contributed by atoms with E-state index in [1.165, 1.54) is 48.8 Å². The quantitative estimate of drug-likeness (QED) is 0.202. The number of phenols is 1. The Kier molecular flexibility index (Phi) is 7.16. The number of aliphatic hydroxyl groups excluding tert-OH is 2. The number of aromatic hydroxyl groups is 1. The number of allylic oxidation sites excluding steroid dienone is 1. The van der Waals surface area contributed by atoms with Crippen molar-refractivity contribution in [1.82, 2.24) is 0 Å². The molecule has 0 unspecified atom stereocenters. The van der Waals surface area contributed by atoms with Gasteiger partial charge in [0.15, 0.2) is 0 Å². The Bertz CT molecular complexity index is 1280. The number of aliphatic hydroxyl groups is 3. The number of hydrogen-bond acceptors (Lipinski definition) is 4. The second-order valence-electron chi connectivity index (χ2n) is 15.9. The molecule has 4 heteroatoms. The molecule has 0 aliphatic heterocycles. The average molecular weight is 573 g/mol. The zero-order chi connectivity index (χ0) is 29.4. The molecule has 42 heavy (non-hydrogen) atoms. The van der Waals surface area contributed by atoms with Gasteiger partial charge < -0.3 is 20.4 Å². The second kappa shape index (κ2) is 10.4. The summed E-state index contributed by atoms with van der Waals surface area (Å²) in [5.41, 5.74) is 3.54. The summed E-state index contributed by atoms with van der Waals surface area (Å²) >= 11 is 0. The van der Waals surface area contributed by atoms with Crippen LogP contribution < -0.4 is 0 Å². The van der Waals surface area contributed by atoms with Crippen LogP contribution in [0, 0.1) is 58.7 Å². The van der Waals surface area contributed by atoms with Gasteiger partial charge in [0.1, 0.15) is 11.4 Å². The van der Waals surface area contributed by atoms with E-state index in [0.717, 1.165) is 75.5 Å². The monoisotopic (exact) mass is 572 g/mol. The molecule has 4 nitrogen and oxygen atoms in total. The van der Waals surface area contributed by atoms with E-state index >= 15 is 0 Å². The molecule has 12 atom stereocenters. The highest BCUT2D eigenvalue weighted by atomic mass is 16.3. The van der Waals surface area contributed by atoms with Gasteiger partial charge in [-0.1, -0.05) is 37.5 Å². The molecule has 228 valence electrons. The molecule has 5 saturated carbocycles. The van der Waals surface area contributed by atoms with Gasteiger partial charge in [0.2, 0.25) is 0 Å². The molecule has 0 heterocycles. The summed E-state index contributed by atoms with van der Waals surface area (Å²) in [6.07, 6.45) is 23.0. The van der Waals surface area contributed by atoms with Gasteiger partial charge in [-0.2, -0.15) is 0 Å². The fraction of sp³-hybridized carbons (Fsp3) is 0.737. The van der Waals surface area contributed by atoms with Gasteiger partial charge in [-0.15, -0.1) is 6.42 Å². The highest BCUT2D eigenvalue weighted by molar-refractivity contribution is 5.40. The minimum Gasteiger partial charge on any atom is -0.508 e. The lowest BCUT2D eigenvalue weighted by Gasteiger charge is -2.55. The third-order valence-corrected chi connectivity index (χ3v) is 14.5. The molecule has 1 aromatic rings. The van der Waals surface area contributed by atoms with Crippen molar-refractivity contribution in [2.75, 3.05) is 0 Å². The van der Waals surface area contributed by atoms with Crippen molar-refractivity contribution >= 4 is 0 Å². The van der Waals surface area contributed by atoms with E-state index in [1.807, 2.05) is 12.1 Å². The van der Waals surface area contributed by atoms with Crippen molar-refractivity contribution in [3.05, 3.63) is 41.0 Å². The van der Waals surface area contributed by atoms with E-state index in [-0.39, 0.29) is 23.0 Å². The van der Waals surface area contributed by atoms with Gasteiger partial charge in [0, 0.05) is 5.41 Å². The smallest absolute Gasteiger partial charge is 0.130 e. The first-order valence-electron chi connectivity index (χ1n) is 17.2. The van der Waals surface area contributed by atoms with Crippen molar-refractivity contribution in [3.8, 4) is 18.1 Å². The van der Waals surface area contributed by atoms with Crippen molar-refractivity contribution in [3.63, 3.8) is 0 Å². The molecule has 0 spiro atoms. The fourth-order valence-electron chi connectivity index (χ4n) is 12.1. The maximum absolute atomic E-state index is 10.9. The molecule has 7 aliphatic rings. The van der Waals surface area contributed by atoms with Crippen molar-refractivity contribution in [2.24, 2.45) is 46.3 Å². The first-order valence-corrected chi connectivity index (χ1v) is 17.2. The number of fused-ring (bicyclic) bond motifs is 10. The summed E-state index contributed by atoms with van der Waals surface area (Å²) in [5.74, 6) is 7.98. The number of terminal acetylenes is 1. The Morgan fingerprint density at radius 1 is 0.786 bits per heavy atom. The van der Waals surface area contributed by atoms with E-state index in [1.54, 1.807) is 0 Å². The molecular weight excluding hydrogens is 520 g/mol. The van der Waals surface area contributed by atoms with Gasteiger partial charge in [-0.25, -0.2) is 0 Å². The molecule has 7 aliphatic carbocycles. The lowest BCUT2D eigenvalue weighted by atomic mass is 9.50. The first kappa shape index (κ1) is 28.9. The number of phenolic OH excluding ortho intramolecular Hbond substituents is 1. The molecule has 0 amide bonds. The molecule has 5 fully saturated rings. The van der Waals surface area contributed by atoms with E-state index < -0.39 is 5.60 Å². The number of benzene rings is 1. The zero-order valence-electron chi connectivity index (χ0n) is 25.8. The predicted octanol–water partition coefficient (Wildman–Crippen LogP) is 6.89. The van der Waals surface area contributed by atoms with Crippen LogP contribution in [0.4, 0.5) is 0 Å². The van der Waals surface area contributed by atoms with Crippen LogP contribution in [0.3, 0.4) is 0 Å². The topological polar surface area (TPSA) is 80.9 Å². The minimum atomic E-state index is -0.887. The predicted molar refractivity (Wildman–Crippen MR) is 166 cm³/mol. The van der Waals surface area contributed by atoms with Gasteiger partial charge in [-0.05, 0) is 160 Å². The largest absolute Gasteiger partial charge is 0.508 e. The summed E-state index contributed by atoms with van der Waals surface area (Å²) in [6.45, 7) is 4.56. The Morgan fingerprint density at radius 2 is 1.60 bits per heavy atom. The minimum absolute atomic E-state index is 0.0850. The number of hydrogen-bond donors (Lipinski definition) is 4. The van der Waals surface area contributed by atoms with Crippen LogP contribution in [0.25, 0.3) is 0 Å². The Balaban J connectivity index is 0.000000138. The van der Waals surface area contributed by atoms with Gasteiger partial charge in [-0.3, -0.25) is 0 Å². The zero-order valence-corrected chi connectivity index (χ0v) is 25.8. The maximum atomic E-state index is 10.9. The highest BCUT2D eigenvalue weighted by Crippen LogP contribution is 2.65. The molecular formula is C38H52O4. The average Bonchev–Trinajstić information content (AvgIpc) is 3.44. The lowest BCUT2D eigenvalue weighted by Crippen LogP contribution is -2.52. The molecule has 0 aromatic heterocycles. The van der Waals surface area contributed by atoms with E-state index in [2.05, 4.69) is 31.9 Å². The molecule has 0 bridgehead atoms.